The first-order chi connectivity index (χ1) is 6.53. The monoisotopic (exact) mass is 198 g/mol. The molecule has 0 aliphatic heterocycles. The van der Waals surface area contributed by atoms with Crippen LogP contribution in [0.25, 0.3) is 0 Å². The summed E-state index contributed by atoms with van der Waals surface area (Å²) in [5, 5.41) is 3.66. The maximum atomic E-state index is 6.00. The fraction of sp³-hybridized carbons (Fsp3) is 1.00. The third kappa shape index (κ3) is 3.58. The van der Waals surface area contributed by atoms with Gasteiger partial charge in [-0.05, 0) is 38.6 Å². The molecule has 3 N–H and O–H groups in total. The van der Waals surface area contributed by atoms with E-state index in [1.807, 2.05) is 0 Å². The number of nitrogens with one attached hydrogen (secondary N) is 1. The molecule has 0 saturated heterocycles. The highest BCUT2D eigenvalue weighted by Crippen LogP contribution is 2.28. The summed E-state index contributed by atoms with van der Waals surface area (Å²) in [7, 11) is 0. The Kier molecular flexibility index (Phi) is 4.39. The molecule has 0 aromatic rings. The molecule has 84 valence electrons. The van der Waals surface area contributed by atoms with Crippen LogP contribution in [0.5, 0.6) is 0 Å². The van der Waals surface area contributed by atoms with Crippen molar-refractivity contribution in [3.63, 3.8) is 0 Å². The Morgan fingerprint density at radius 2 is 1.86 bits per heavy atom. The molecule has 0 amide bonds. The fourth-order valence-corrected chi connectivity index (χ4v) is 2.21. The van der Waals surface area contributed by atoms with Crippen LogP contribution in [0, 0.1) is 5.92 Å². The van der Waals surface area contributed by atoms with Gasteiger partial charge in [-0.3, -0.25) is 0 Å². The van der Waals surface area contributed by atoms with Gasteiger partial charge in [0, 0.05) is 11.6 Å². The molecule has 1 aliphatic rings. The summed E-state index contributed by atoms with van der Waals surface area (Å²) in [5.41, 5.74) is 6.42. The molecule has 1 aliphatic carbocycles. The highest BCUT2D eigenvalue weighted by atomic mass is 15.0. The van der Waals surface area contributed by atoms with Gasteiger partial charge >= 0.3 is 0 Å². The van der Waals surface area contributed by atoms with Crippen LogP contribution < -0.4 is 11.1 Å². The second-order valence-electron chi connectivity index (χ2n) is 5.39. The molecule has 14 heavy (non-hydrogen) atoms. The van der Waals surface area contributed by atoms with Gasteiger partial charge in [0.2, 0.25) is 0 Å². The lowest BCUT2D eigenvalue weighted by molar-refractivity contribution is 0.344. The number of rotatable bonds is 5. The highest BCUT2D eigenvalue weighted by Gasteiger charge is 2.27. The molecule has 0 aromatic carbocycles. The minimum absolute atomic E-state index is 0.354. The molecule has 0 aromatic heterocycles. The lowest BCUT2D eigenvalue weighted by Crippen LogP contribution is -2.42. The maximum Gasteiger partial charge on any atom is 0.0153 e. The van der Waals surface area contributed by atoms with Crippen molar-refractivity contribution in [3.05, 3.63) is 0 Å². The first-order valence-corrected chi connectivity index (χ1v) is 6.04. The second-order valence-corrected chi connectivity index (χ2v) is 5.39. The van der Waals surface area contributed by atoms with E-state index in [2.05, 4.69) is 26.1 Å². The summed E-state index contributed by atoms with van der Waals surface area (Å²) in [6, 6.07) is 0.354. The molecule has 1 atom stereocenters. The molecule has 1 rings (SSSR count). The summed E-state index contributed by atoms with van der Waals surface area (Å²) in [6.07, 6.45) is 6.56. The Labute approximate surface area is 88.6 Å². The summed E-state index contributed by atoms with van der Waals surface area (Å²) < 4.78 is 0. The molecule has 0 radical (unpaired) electrons. The molecule has 1 fully saturated rings. The van der Waals surface area contributed by atoms with Crippen molar-refractivity contribution < 1.29 is 0 Å². The minimum Gasteiger partial charge on any atom is -0.327 e. The average Bonchev–Trinajstić information content (AvgIpc) is 2.52. The number of hydrogen-bond donors (Lipinski definition) is 2. The first-order valence-electron chi connectivity index (χ1n) is 6.04. The van der Waals surface area contributed by atoms with E-state index in [1.54, 1.807) is 0 Å². The van der Waals surface area contributed by atoms with Gasteiger partial charge in [-0.25, -0.2) is 0 Å². The van der Waals surface area contributed by atoms with Crippen LogP contribution in [0.15, 0.2) is 0 Å². The smallest absolute Gasteiger partial charge is 0.0153 e. The van der Waals surface area contributed by atoms with Crippen molar-refractivity contribution in [1.29, 1.82) is 0 Å². The molecule has 2 heteroatoms. The molecule has 0 heterocycles. The van der Waals surface area contributed by atoms with Gasteiger partial charge < -0.3 is 11.1 Å². The maximum absolute atomic E-state index is 6.00. The predicted octanol–water partition coefficient (Wildman–Crippen LogP) is 2.28. The van der Waals surface area contributed by atoms with Gasteiger partial charge in [0.1, 0.15) is 0 Å². The van der Waals surface area contributed by atoms with E-state index in [1.165, 1.54) is 25.7 Å². The van der Waals surface area contributed by atoms with Gasteiger partial charge in [0.15, 0.2) is 0 Å². The zero-order valence-electron chi connectivity index (χ0n) is 9.97. The van der Waals surface area contributed by atoms with E-state index in [0.717, 1.165) is 13.0 Å². The van der Waals surface area contributed by atoms with E-state index < -0.39 is 0 Å². The molecule has 1 saturated carbocycles. The summed E-state index contributed by atoms with van der Waals surface area (Å²) in [6.45, 7) is 7.82. The molecular weight excluding hydrogens is 172 g/mol. The van der Waals surface area contributed by atoms with Gasteiger partial charge in [0.25, 0.3) is 0 Å². The molecule has 0 bridgehead atoms. The fourth-order valence-electron chi connectivity index (χ4n) is 2.21. The van der Waals surface area contributed by atoms with Crippen molar-refractivity contribution in [1.82, 2.24) is 5.32 Å². The zero-order valence-corrected chi connectivity index (χ0v) is 9.97. The Balaban J connectivity index is 2.14. The second kappa shape index (κ2) is 5.13. The van der Waals surface area contributed by atoms with Gasteiger partial charge in [-0.1, -0.05) is 26.7 Å². The highest BCUT2D eigenvalue weighted by molar-refractivity contribution is 4.88. The summed E-state index contributed by atoms with van der Waals surface area (Å²) in [4.78, 5) is 0. The van der Waals surface area contributed by atoms with Crippen molar-refractivity contribution >= 4 is 0 Å². The van der Waals surface area contributed by atoms with Crippen LogP contribution in [-0.2, 0) is 0 Å². The van der Waals surface area contributed by atoms with Crippen LogP contribution in [0.3, 0.4) is 0 Å². The SMILES string of the molecule is CC(C)C(N)CCNC1(C)CCCC1. The topological polar surface area (TPSA) is 38.0 Å². The Hall–Kier alpha value is -0.0800. The number of hydrogen-bond acceptors (Lipinski definition) is 2. The van der Waals surface area contributed by atoms with Crippen LogP contribution in [0.1, 0.15) is 52.9 Å². The van der Waals surface area contributed by atoms with Crippen LogP contribution in [-0.4, -0.2) is 18.1 Å². The van der Waals surface area contributed by atoms with Gasteiger partial charge in [0.05, 0.1) is 0 Å². The van der Waals surface area contributed by atoms with E-state index in [0.29, 0.717) is 17.5 Å². The molecular formula is C12H26N2. The largest absolute Gasteiger partial charge is 0.327 e. The third-order valence-corrected chi connectivity index (χ3v) is 3.59. The lowest BCUT2D eigenvalue weighted by Gasteiger charge is -2.26. The zero-order chi connectivity index (χ0) is 10.6. The summed E-state index contributed by atoms with van der Waals surface area (Å²) >= 11 is 0. The quantitative estimate of drug-likeness (QED) is 0.711. The van der Waals surface area contributed by atoms with Crippen LogP contribution >= 0.6 is 0 Å². The minimum atomic E-state index is 0.354. The molecule has 1 unspecified atom stereocenters. The van der Waals surface area contributed by atoms with Crippen molar-refractivity contribution in [2.75, 3.05) is 6.54 Å². The van der Waals surface area contributed by atoms with Crippen LogP contribution in [0.2, 0.25) is 0 Å². The van der Waals surface area contributed by atoms with E-state index in [9.17, 15) is 0 Å². The first kappa shape index (κ1) is 12.0. The number of nitrogens with two attached hydrogens (primary N) is 1. The summed E-state index contributed by atoms with van der Waals surface area (Å²) in [5.74, 6) is 0.605. The standard InChI is InChI=1S/C12H26N2/c1-10(2)11(13)6-9-14-12(3)7-4-5-8-12/h10-11,14H,4-9,13H2,1-3H3. The van der Waals surface area contributed by atoms with Crippen molar-refractivity contribution in [2.45, 2.75) is 64.5 Å². The lowest BCUT2D eigenvalue weighted by atomic mass is 9.98. The van der Waals surface area contributed by atoms with E-state index in [-0.39, 0.29) is 0 Å². The van der Waals surface area contributed by atoms with Crippen LogP contribution in [0.4, 0.5) is 0 Å². The Morgan fingerprint density at radius 3 is 2.36 bits per heavy atom. The van der Waals surface area contributed by atoms with Crippen molar-refractivity contribution in [2.24, 2.45) is 11.7 Å². The Morgan fingerprint density at radius 1 is 1.29 bits per heavy atom. The average molecular weight is 198 g/mol. The molecule has 0 spiro atoms. The Bertz CT molecular complexity index is 160. The van der Waals surface area contributed by atoms with E-state index >= 15 is 0 Å². The van der Waals surface area contributed by atoms with Gasteiger partial charge in [-0.15, -0.1) is 0 Å². The van der Waals surface area contributed by atoms with Gasteiger partial charge in [-0.2, -0.15) is 0 Å². The predicted molar refractivity (Wildman–Crippen MR) is 62.3 cm³/mol. The molecule has 2 nitrogen and oxygen atoms in total. The van der Waals surface area contributed by atoms with Crippen molar-refractivity contribution in [3.8, 4) is 0 Å². The normalized spacial score (nSPS) is 22.9. The van der Waals surface area contributed by atoms with E-state index in [4.69, 9.17) is 5.73 Å². The third-order valence-electron chi connectivity index (χ3n) is 3.59.